The number of likely N-dealkylation sites (tertiary alicyclic amines) is 1. The van der Waals surface area contributed by atoms with Gasteiger partial charge in [0.1, 0.15) is 0 Å². The highest BCUT2D eigenvalue weighted by Crippen LogP contribution is 2.35. The summed E-state index contributed by atoms with van der Waals surface area (Å²) >= 11 is 0. The fourth-order valence-corrected chi connectivity index (χ4v) is 4.46. The summed E-state index contributed by atoms with van der Waals surface area (Å²) in [5.74, 6) is 0.0755. The average molecular weight is 371 g/mol. The van der Waals surface area contributed by atoms with E-state index in [0.717, 1.165) is 30.8 Å². The third-order valence-electron chi connectivity index (χ3n) is 5.69. The fraction of sp³-hybridized carbons (Fsp3) is 0.632. The monoisotopic (exact) mass is 371 g/mol. The maximum Gasteiger partial charge on any atom is 0.378 e. The van der Waals surface area contributed by atoms with Gasteiger partial charge in [0.05, 0.1) is 0 Å². The summed E-state index contributed by atoms with van der Waals surface area (Å²) < 4.78 is 6.73. The maximum absolute atomic E-state index is 12.6. The summed E-state index contributed by atoms with van der Waals surface area (Å²) in [6.07, 6.45) is 6.91. The van der Waals surface area contributed by atoms with E-state index in [2.05, 4.69) is 15.1 Å². The van der Waals surface area contributed by atoms with Crippen LogP contribution in [0.2, 0.25) is 0 Å². The van der Waals surface area contributed by atoms with Crippen molar-refractivity contribution in [3.63, 3.8) is 0 Å². The van der Waals surface area contributed by atoms with Crippen LogP contribution in [0.5, 0.6) is 0 Å². The molecule has 1 saturated heterocycles. The standard InChI is InChI=1S/C19H25N5O3/c1-12-10-13(2)24-19(20-12)21-17(22-24)18(26)27-11-16(25)23-9-5-7-14-6-3-4-8-15(14)23/h10,14-15H,3-9,11H2,1-2H3/t14-,15-/m1/s1. The highest BCUT2D eigenvalue weighted by atomic mass is 16.5. The molecule has 2 aliphatic rings. The smallest absolute Gasteiger partial charge is 0.378 e. The summed E-state index contributed by atoms with van der Waals surface area (Å²) in [6, 6.07) is 2.17. The van der Waals surface area contributed by atoms with E-state index in [0.29, 0.717) is 17.7 Å². The minimum Gasteiger partial charge on any atom is -0.450 e. The molecular weight excluding hydrogens is 346 g/mol. The lowest BCUT2D eigenvalue weighted by molar-refractivity contribution is -0.140. The molecule has 27 heavy (non-hydrogen) atoms. The molecule has 0 spiro atoms. The van der Waals surface area contributed by atoms with E-state index in [1.807, 2.05) is 24.8 Å². The van der Waals surface area contributed by atoms with Gasteiger partial charge >= 0.3 is 5.97 Å². The molecule has 0 bridgehead atoms. The number of amides is 1. The lowest BCUT2D eigenvalue weighted by Crippen LogP contribution is -2.50. The second kappa shape index (κ2) is 7.25. The molecule has 8 nitrogen and oxygen atoms in total. The number of piperidine rings is 1. The summed E-state index contributed by atoms with van der Waals surface area (Å²) in [5.41, 5.74) is 1.63. The molecule has 0 unspecified atom stereocenters. The number of nitrogens with zero attached hydrogens (tertiary/aromatic N) is 5. The van der Waals surface area contributed by atoms with Gasteiger partial charge in [-0.15, -0.1) is 5.10 Å². The van der Waals surface area contributed by atoms with Crippen LogP contribution >= 0.6 is 0 Å². The number of carbonyl (C=O) groups excluding carboxylic acids is 2. The van der Waals surface area contributed by atoms with E-state index in [4.69, 9.17) is 4.74 Å². The van der Waals surface area contributed by atoms with Crippen molar-refractivity contribution in [1.29, 1.82) is 0 Å². The van der Waals surface area contributed by atoms with Crippen molar-refractivity contribution in [3.05, 3.63) is 23.3 Å². The van der Waals surface area contributed by atoms with E-state index < -0.39 is 5.97 Å². The van der Waals surface area contributed by atoms with Crippen LogP contribution in [0.1, 0.15) is 60.5 Å². The summed E-state index contributed by atoms with van der Waals surface area (Å²) in [4.78, 5) is 35.3. The number of hydrogen-bond acceptors (Lipinski definition) is 6. The Labute approximate surface area is 157 Å². The van der Waals surface area contributed by atoms with Crippen LogP contribution < -0.4 is 0 Å². The number of rotatable bonds is 3. The van der Waals surface area contributed by atoms with Gasteiger partial charge in [-0.1, -0.05) is 12.8 Å². The molecule has 2 fully saturated rings. The van der Waals surface area contributed by atoms with Crippen molar-refractivity contribution in [2.45, 2.75) is 58.4 Å². The molecule has 1 aliphatic carbocycles. The Morgan fingerprint density at radius 3 is 2.78 bits per heavy atom. The predicted molar refractivity (Wildman–Crippen MR) is 97.2 cm³/mol. The first-order valence-electron chi connectivity index (χ1n) is 9.70. The van der Waals surface area contributed by atoms with Crippen molar-refractivity contribution < 1.29 is 14.3 Å². The zero-order valence-electron chi connectivity index (χ0n) is 15.8. The molecule has 0 N–H and O–H groups in total. The van der Waals surface area contributed by atoms with Gasteiger partial charge in [0.2, 0.25) is 0 Å². The van der Waals surface area contributed by atoms with E-state index >= 15 is 0 Å². The van der Waals surface area contributed by atoms with Crippen molar-refractivity contribution in [1.82, 2.24) is 24.5 Å². The SMILES string of the molecule is Cc1cc(C)n2nc(C(=O)OCC(=O)N3CCC[C@H]4CCCC[C@H]43)nc2n1. The molecule has 3 heterocycles. The number of carbonyl (C=O) groups is 2. The van der Waals surface area contributed by atoms with Crippen LogP contribution in [0.25, 0.3) is 5.78 Å². The first-order valence-corrected chi connectivity index (χ1v) is 9.70. The van der Waals surface area contributed by atoms with Crippen molar-refractivity contribution >= 4 is 17.7 Å². The molecule has 4 rings (SSSR count). The van der Waals surface area contributed by atoms with Gasteiger partial charge in [0.15, 0.2) is 6.61 Å². The summed E-state index contributed by atoms with van der Waals surface area (Å²) in [7, 11) is 0. The van der Waals surface area contributed by atoms with Gasteiger partial charge in [0, 0.05) is 24.0 Å². The Bertz CT molecular complexity index is 876. The summed E-state index contributed by atoms with van der Waals surface area (Å²) in [5, 5.41) is 4.15. The Balaban J connectivity index is 1.41. The van der Waals surface area contributed by atoms with Crippen LogP contribution in [0.3, 0.4) is 0 Å². The lowest BCUT2D eigenvalue weighted by atomic mass is 9.78. The van der Waals surface area contributed by atoms with E-state index in [1.54, 1.807) is 0 Å². The van der Waals surface area contributed by atoms with Crippen LogP contribution in [0.15, 0.2) is 6.07 Å². The maximum atomic E-state index is 12.6. The van der Waals surface area contributed by atoms with Gasteiger partial charge in [-0.25, -0.2) is 14.3 Å². The minimum atomic E-state index is -0.692. The van der Waals surface area contributed by atoms with E-state index in [9.17, 15) is 9.59 Å². The van der Waals surface area contributed by atoms with Gasteiger partial charge in [-0.05, 0) is 51.5 Å². The van der Waals surface area contributed by atoms with E-state index in [-0.39, 0.29) is 18.3 Å². The molecule has 2 atom stereocenters. The zero-order valence-corrected chi connectivity index (χ0v) is 15.8. The first kappa shape index (κ1) is 17.9. The topological polar surface area (TPSA) is 89.7 Å². The van der Waals surface area contributed by atoms with Crippen LogP contribution in [0, 0.1) is 19.8 Å². The molecule has 2 aromatic rings. The highest BCUT2D eigenvalue weighted by molar-refractivity contribution is 5.88. The molecule has 0 radical (unpaired) electrons. The Hall–Kier alpha value is -2.51. The number of aromatic nitrogens is 4. The Kier molecular flexibility index (Phi) is 4.80. The van der Waals surface area contributed by atoms with Crippen molar-refractivity contribution in [2.75, 3.05) is 13.2 Å². The highest BCUT2D eigenvalue weighted by Gasteiger charge is 2.36. The number of fused-ring (bicyclic) bond motifs is 2. The molecule has 2 aromatic heterocycles. The Morgan fingerprint density at radius 2 is 1.93 bits per heavy atom. The van der Waals surface area contributed by atoms with Crippen molar-refractivity contribution in [3.8, 4) is 0 Å². The second-order valence-corrected chi connectivity index (χ2v) is 7.60. The van der Waals surface area contributed by atoms with Gasteiger partial charge in [-0.3, -0.25) is 4.79 Å². The molecule has 0 aromatic carbocycles. The quantitative estimate of drug-likeness (QED) is 0.768. The lowest BCUT2D eigenvalue weighted by Gasteiger charge is -2.44. The third kappa shape index (κ3) is 3.52. The predicted octanol–water partition coefficient (Wildman–Crippen LogP) is 2.08. The molecule has 144 valence electrons. The fourth-order valence-electron chi connectivity index (χ4n) is 4.46. The third-order valence-corrected chi connectivity index (χ3v) is 5.69. The van der Waals surface area contributed by atoms with Crippen molar-refractivity contribution in [2.24, 2.45) is 5.92 Å². The average Bonchev–Trinajstić information content (AvgIpc) is 3.10. The number of hydrogen-bond donors (Lipinski definition) is 0. The van der Waals surface area contributed by atoms with Crippen LogP contribution in [-0.2, 0) is 9.53 Å². The van der Waals surface area contributed by atoms with Gasteiger partial charge in [-0.2, -0.15) is 4.98 Å². The second-order valence-electron chi connectivity index (χ2n) is 7.60. The largest absolute Gasteiger partial charge is 0.450 e. The molecule has 8 heteroatoms. The summed E-state index contributed by atoms with van der Waals surface area (Å²) in [6.45, 7) is 4.22. The molecular formula is C19H25N5O3. The van der Waals surface area contributed by atoms with Crippen LogP contribution in [0.4, 0.5) is 0 Å². The van der Waals surface area contributed by atoms with Gasteiger partial charge in [0.25, 0.3) is 17.5 Å². The molecule has 1 saturated carbocycles. The van der Waals surface area contributed by atoms with Crippen LogP contribution in [-0.4, -0.2) is 55.6 Å². The molecule has 1 aliphatic heterocycles. The number of ether oxygens (including phenoxy) is 1. The number of aryl methyl sites for hydroxylation is 2. The first-order chi connectivity index (χ1) is 13.0. The van der Waals surface area contributed by atoms with E-state index in [1.165, 1.54) is 30.2 Å². The minimum absolute atomic E-state index is 0.0711. The Morgan fingerprint density at radius 1 is 1.15 bits per heavy atom. The molecule has 1 amide bonds. The zero-order chi connectivity index (χ0) is 19.0. The number of esters is 1. The van der Waals surface area contributed by atoms with Gasteiger partial charge < -0.3 is 9.64 Å². The normalized spacial score (nSPS) is 22.5.